The van der Waals surface area contributed by atoms with Crippen LogP contribution < -0.4 is 4.74 Å². The predicted molar refractivity (Wildman–Crippen MR) is 97.7 cm³/mol. The van der Waals surface area contributed by atoms with Crippen molar-refractivity contribution in [3.8, 4) is 17.0 Å². The lowest BCUT2D eigenvalue weighted by atomic mass is 10.0. The van der Waals surface area contributed by atoms with Gasteiger partial charge in [-0.2, -0.15) is 0 Å². The Hall–Kier alpha value is -2.46. The summed E-state index contributed by atoms with van der Waals surface area (Å²) >= 11 is 1.35. The predicted octanol–water partition coefficient (Wildman–Crippen LogP) is 5.15. The maximum absolute atomic E-state index is 10.9. The summed E-state index contributed by atoms with van der Waals surface area (Å²) in [6.45, 7) is 2.67. The van der Waals surface area contributed by atoms with E-state index < -0.39 is 0 Å². The number of rotatable bonds is 7. The number of thiazole rings is 1. The smallest absolute Gasteiger partial charge is 0.178 e. The fourth-order valence-electron chi connectivity index (χ4n) is 2.55. The highest BCUT2D eigenvalue weighted by atomic mass is 32.1. The van der Waals surface area contributed by atoms with Crippen molar-refractivity contribution in [2.45, 2.75) is 26.4 Å². The van der Waals surface area contributed by atoms with E-state index in [1.807, 2.05) is 41.8 Å². The van der Waals surface area contributed by atoms with Crippen molar-refractivity contribution in [3.05, 3.63) is 70.0 Å². The molecule has 0 saturated heterocycles. The summed E-state index contributed by atoms with van der Waals surface area (Å²) in [4.78, 5) is 15.3. The molecule has 0 aliphatic heterocycles. The highest BCUT2D eigenvalue weighted by Gasteiger charge is 2.12. The summed E-state index contributed by atoms with van der Waals surface area (Å²) in [5.74, 6) is 0.793. The fraction of sp³-hybridized carbons (Fsp3) is 0.200. The van der Waals surface area contributed by atoms with E-state index in [1.165, 1.54) is 16.9 Å². The number of aldehydes is 1. The van der Waals surface area contributed by atoms with Crippen molar-refractivity contribution in [3.63, 3.8) is 0 Å². The molecule has 24 heavy (non-hydrogen) atoms. The van der Waals surface area contributed by atoms with E-state index in [9.17, 15) is 4.79 Å². The van der Waals surface area contributed by atoms with Gasteiger partial charge in [0.15, 0.2) is 11.3 Å². The number of aromatic nitrogens is 1. The second kappa shape index (κ2) is 7.88. The summed E-state index contributed by atoms with van der Waals surface area (Å²) < 4.78 is 6.03. The molecule has 1 heterocycles. The van der Waals surface area contributed by atoms with Crippen molar-refractivity contribution in [2.24, 2.45) is 0 Å². The van der Waals surface area contributed by atoms with Crippen LogP contribution in [0.25, 0.3) is 11.3 Å². The van der Waals surface area contributed by atoms with E-state index >= 15 is 0 Å². The van der Waals surface area contributed by atoms with Crippen LogP contribution in [0.5, 0.6) is 5.75 Å². The van der Waals surface area contributed by atoms with Gasteiger partial charge in [-0.1, -0.05) is 49.7 Å². The average Bonchev–Trinajstić information content (AvgIpc) is 3.11. The molecule has 0 fully saturated rings. The van der Waals surface area contributed by atoms with Gasteiger partial charge in [-0.15, -0.1) is 11.3 Å². The Morgan fingerprint density at radius 2 is 1.96 bits per heavy atom. The minimum atomic E-state index is 0.486. The normalized spacial score (nSPS) is 10.5. The molecule has 0 amide bonds. The lowest BCUT2D eigenvalue weighted by Gasteiger charge is -2.12. The van der Waals surface area contributed by atoms with Gasteiger partial charge in [0.2, 0.25) is 0 Å². The lowest BCUT2D eigenvalue weighted by Crippen LogP contribution is -1.98. The van der Waals surface area contributed by atoms with Gasteiger partial charge < -0.3 is 4.74 Å². The topological polar surface area (TPSA) is 39.2 Å². The number of carbonyl (C=O) groups excluding carboxylic acids is 1. The zero-order chi connectivity index (χ0) is 16.8. The van der Waals surface area contributed by atoms with Crippen molar-refractivity contribution >= 4 is 17.6 Å². The molecule has 0 spiro atoms. The molecule has 0 unspecified atom stereocenters. The quantitative estimate of drug-likeness (QED) is 0.559. The van der Waals surface area contributed by atoms with Crippen LogP contribution in [0.15, 0.2) is 53.9 Å². The third-order valence-electron chi connectivity index (χ3n) is 3.72. The number of nitrogens with zero attached hydrogens (tertiary/aromatic N) is 1. The first-order valence-corrected chi connectivity index (χ1v) is 8.89. The van der Waals surface area contributed by atoms with Crippen LogP contribution in [0.3, 0.4) is 0 Å². The molecule has 1 aromatic heterocycles. The molecule has 122 valence electrons. The molecular formula is C20H19NO2S. The van der Waals surface area contributed by atoms with Crippen LogP contribution in [-0.4, -0.2) is 11.3 Å². The third-order valence-corrected chi connectivity index (χ3v) is 4.49. The van der Waals surface area contributed by atoms with Crippen molar-refractivity contribution in [1.29, 1.82) is 0 Å². The molecule has 3 aromatic rings. The van der Waals surface area contributed by atoms with E-state index in [1.54, 1.807) is 0 Å². The lowest BCUT2D eigenvalue weighted by molar-refractivity contribution is 0.112. The number of carbonyl (C=O) groups is 1. The van der Waals surface area contributed by atoms with Gasteiger partial charge in [-0.3, -0.25) is 4.79 Å². The zero-order valence-corrected chi connectivity index (χ0v) is 14.4. The molecule has 3 rings (SSSR count). The van der Waals surface area contributed by atoms with Crippen LogP contribution in [0, 0.1) is 0 Å². The minimum absolute atomic E-state index is 0.486. The number of hydrogen-bond donors (Lipinski definition) is 0. The molecule has 0 saturated carbocycles. The fourth-order valence-corrected chi connectivity index (χ4v) is 3.17. The van der Waals surface area contributed by atoms with Crippen LogP contribution >= 0.6 is 11.3 Å². The highest BCUT2D eigenvalue weighted by molar-refractivity contribution is 7.11. The van der Waals surface area contributed by atoms with Crippen LogP contribution in [0.4, 0.5) is 0 Å². The standard InChI is InChI=1S/C20H19NO2S/c1-2-6-15-9-10-19(23-13-16-7-4-3-5-8-16)17(11-15)18-14-24-20(12-22)21-18/h3-5,7-12,14H,2,6,13H2,1H3. The Morgan fingerprint density at radius 1 is 1.12 bits per heavy atom. The van der Waals surface area contributed by atoms with Gasteiger partial charge >= 0.3 is 0 Å². The minimum Gasteiger partial charge on any atom is -0.488 e. The Labute approximate surface area is 146 Å². The van der Waals surface area contributed by atoms with E-state index in [-0.39, 0.29) is 0 Å². The highest BCUT2D eigenvalue weighted by Crippen LogP contribution is 2.32. The summed E-state index contributed by atoms with van der Waals surface area (Å²) in [5.41, 5.74) is 4.11. The Bertz CT molecular complexity index is 812. The monoisotopic (exact) mass is 337 g/mol. The Balaban J connectivity index is 1.90. The van der Waals surface area contributed by atoms with E-state index in [4.69, 9.17) is 4.74 Å². The SMILES string of the molecule is CCCc1ccc(OCc2ccccc2)c(-c2csc(C=O)n2)c1. The molecule has 4 heteroatoms. The Morgan fingerprint density at radius 3 is 2.67 bits per heavy atom. The number of aryl methyl sites for hydroxylation is 1. The van der Waals surface area contributed by atoms with Crippen molar-refractivity contribution in [2.75, 3.05) is 0 Å². The molecule has 0 N–H and O–H groups in total. The molecular weight excluding hydrogens is 318 g/mol. The van der Waals surface area contributed by atoms with E-state index in [2.05, 4.69) is 24.0 Å². The number of ether oxygens (including phenoxy) is 1. The van der Waals surface area contributed by atoms with Crippen molar-refractivity contribution < 1.29 is 9.53 Å². The second-order valence-electron chi connectivity index (χ2n) is 5.54. The second-order valence-corrected chi connectivity index (χ2v) is 6.43. The summed E-state index contributed by atoms with van der Waals surface area (Å²) in [6.07, 6.45) is 2.88. The molecule has 0 aliphatic carbocycles. The van der Waals surface area contributed by atoms with Gasteiger partial charge in [0, 0.05) is 10.9 Å². The zero-order valence-electron chi connectivity index (χ0n) is 13.6. The van der Waals surface area contributed by atoms with Crippen LogP contribution in [0.1, 0.15) is 34.3 Å². The van der Waals surface area contributed by atoms with Gasteiger partial charge in [0.05, 0.1) is 5.69 Å². The van der Waals surface area contributed by atoms with Crippen LogP contribution in [0.2, 0.25) is 0 Å². The van der Waals surface area contributed by atoms with Gasteiger partial charge in [-0.05, 0) is 29.7 Å². The van der Waals surface area contributed by atoms with Crippen molar-refractivity contribution in [1.82, 2.24) is 4.98 Å². The van der Waals surface area contributed by atoms with Gasteiger partial charge in [0.25, 0.3) is 0 Å². The number of benzene rings is 2. The summed E-state index contributed by atoms with van der Waals surface area (Å²) in [5, 5.41) is 2.39. The first-order chi connectivity index (χ1) is 11.8. The van der Waals surface area contributed by atoms with E-state index in [0.717, 1.165) is 41.7 Å². The first-order valence-electron chi connectivity index (χ1n) is 8.01. The maximum atomic E-state index is 10.9. The van der Waals surface area contributed by atoms with Crippen LogP contribution in [-0.2, 0) is 13.0 Å². The molecule has 0 bridgehead atoms. The average molecular weight is 337 g/mol. The maximum Gasteiger partial charge on any atom is 0.178 e. The first kappa shape index (κ1) is 16.4. The Kier molecular flexibility index (Phi) is 5.39. The molecule has 0 aliphatic rings. The largest absolute Gasteiger partial charge is 0.488 e. The molecule has 0 radical (unpaired) electrons. The molecule has 3 nitrogen and oxygen atoms in total. The van der Waals surface area contributed by atoms with E-state index in [0.29, 0.717) is 11.6 Å². The third kappa shape index (κ3) is 3.89. The summed E-state index contributed by atoms with van der Waals surface area (Å²) in [7, 11) is 0. The molecule has 2 aromatic carbocycles. The van der Waals surface area contributed by atoms with Gasteiger partial charge in [0.1, 0.15) is 12.4 Å². The number of hydrogen-bond acceptors (Lipinski definition) is 4. The molecule has 0 atom stereocenters. The summed E-state index contributed by atoms with van der Waals surface area (Å²) in [6, 6.07) is 16.3. The van der Waals surface area contributed by atoms with Gasteiger partial charge in [-0.25, -0.2) is 4.98 Å².